The average Bonchev–Trinajstić information content (AvgIpc) is 4.10. The van der Waals surface area contributed by atoms with Gasteiger partial charge in [-0.1, -0.05) is 179 Å². The zero-order valence-corrected chi connectivity index (χ0v) is 51.0. The van der Waals surface area contributed by atoms with Gasteiger partial charge in [-0.3, -0.25) is 14.5 Å². The van der Waals surface area contributed by atoms with Gasteiger partial charge < -0.3 is 4.42 Å². The highest BCUT2D eigenvalue weighted by Gasteiger charge is 2.40. The van der Waals surface area contributed by atoms with Crippen molar-refractivity contribution in [3.8, 4) is 0 Å². The topological polar surface area (TPSA) is 172 Å². The van der Waals surface area contributed by atoms with Crippen molar-refractivity contribution in [2.45, 2.75) is 234 Å². The molecule has 0 radical (unpaired) electrons. The average molecular weight is 1110 g/mol. The summed E-state index contributed by atoms with van der Waals surface area (Å²) in [5, 5.41) is 31.3. The summed E-state index contributed by atoms with van der Waals surface area (Å²) in [6.07, 6.45) is 0.375. The van der Waals surface area contributed by atoms with Crippen LogP contribution in [0.5, 0.6) is 0 Å². The second kappa shape index (κ2) is 33.7. The molecule has 72 heavy (non-hydrogen) atoms. The van der Waals surface area contributed by atoms with Crippen LogP contribution >= 0.6 is 70.1 Å². The Morgan fingerprint density at radius 3 is 1.71 bits per heavy atom. The summed E-state index contributed by atoms with van der Waals surface area (Å²) in [4.78, 5) is 30.4. The number of thioether (sulfide) groups is 5. The van der Waals surface area contributed by atoms with E-state index in [2.05, 4.69) is 175 Å². The number of aromatic nitrogens is 9. The molecule has 0 N–H and O–H groups in total. The molecule has 1 fully saturated rings. The molecule has 7 rings (SSSR count). The SMILES string of the molecule is C.CC(C)C.CC(C)SC1CC(=O)N(C(C)C)C1=O.CC(C)Sc1ccc(C(C)C)c2nonc12.CC(C)Sc1nc2ccccc2s1.CC(C)Sc1nnc(C(C)C)o1.CC(C)Sc1nnnn1C(C)C. The maximum absolute atomic E-state index is 11.8. The number of carbonyl (C=O) groups excluding carboxylic acids is 2. The lowest BCUT2D eigenvalue weighted by Gasteiger charge is -2.19. The summed E-state index contributed by atoms with van der Waals surface area (Å²) < 4.78 is 14.6. The van der Waals surface area contributed by atoms with Gasteiger partial charge in [0, 0.05) is 44.3 Å². The van der Waals surface area contributed by atoms with Crippen molar-refractivity contribution in [1.82, 2.24) is 50.6 Å². The maximum Gasteiger partial charge on any atom is 0.276 e. The van der Waals surface area contributed by atoms with Crippen LogP contribution in [-0.2, 0) is 9.59 Å². The first-order valence-corrected chi connectivity index (χ1v) is 29.9. The molecule has 0 spiro atoms. The molecule has 5 heterocycles. The number of benzene rings is 2. The number of rotatable bonds is 14. The summed E-state index contributed by atoms with van der Waals surface area (Å²) in [6.45, 7) is 44.0. The van der Waals surface area contributed by atoms with E-state index in [1.807, 2.05) is 64.1 Å². The van der Waals surface area contributed by atoms with Crippen molar-refractivity contribution < 1.29 is 18.6 Å². The van der Waals surface area contributed by atoms with Crippen LogP contribution in [0.25, 0.3) is 21.3 Å². The Morgan fingerprint density at radius 1 is 0.639 bits per heavy atom. The van der Waals surface area contributed by atoms with E-state index < -0.39 is 0 Å². The molecule has 20 heteroatoms. The first-order valence-electron chi connectivity index (χ1n) is 24.6. The van der Waals surface area contributed by atoms with Gasteiger partial charge >= 0.3 is 0 Å². The summed E-state index contributed by atoms with van der Waals surface area (Å²) in [5.74, 6) is 2.27. The van der Waals surface area contributed by atoms with Crippen LogP contribution in [0.4, 0.5) is 0 Å². The number of likely N-dealkylation sites (tertiary alicyclic amines) is 1. The van der Waals surface area contributed by atoms with Crippen molar-refractivity contribution in [2.75, 3.05) is 0 Å². The van der Waals surface area contributed by atoms with Crippen molar-refractivity contribution in [3.05, 3.63) is 47.9 Å². The molecule has 2 aromatic carbocycles. The van der Waals surface area contributed by atoms with Crippen molar-refractivity contribution in [2.24, 2.45) is 5.92 Å². The zero-order valence-electron chi connectivity index (χ0n) is 46.1. The Labute approximate surface area is 457 Å². The van der Waals surface area contributed by atoms with Crippen LogP contribution in [0.3, 0.4) is 0 Å². The number of nitrogens with zero attached hydrogens (tertiary/aromatic N) is 10. The fourth-order valence-corrected chi connectivity index (χ4v) is 11.7. The minimum atomic E-state index is -0.148. The molecule has 6 aromatic rings. The van der Waals surface area contributed by atoms with Gasteiger partial charge in [0.15, 0.2) is 4.34 Å². The Morgan fingerprint density at radius 2 is 1.22 bits per heavy atom. The third-order valence-electron chi connectivity index (χ3n) is 8.64. The molecule has 1 saturated heterocycles. The number of thiazole rings is 1. The van der Waals surface area contributed by atoms with Gasteiger partial charge in [-0.05, 0) is 89.3 Å². The number of amides is 2. The molecule has 1 aliphatic heterocycles. The van der Waals surface area contributed by atoms with Crippen molar-refractivity contribution in [3.63, 3.8) is 0 Å². The molecule has 14 nitrogen and oxygen atoms in total. The molecule has 0 aliphatic carbocycles. The monoisotopic (exact) mass is 1110 g/mol. The molecule has 404 valence electrons. The van der Waals surface area contributed by atoms with E-state index in [-0.39, 0.29) is 30.5 Å². The fraction of sp³-hybridized carbons (Fsp3) is 0.654. The van der Waals surface area contributed by atoms with E-state index >= 15 is 0 Å². The maximum atomic E-state index is 11.8. The van der Waals surface area contributed by atoms with E-state index in [0.29, 0.717) is 55.8 Å². The van der Waals surface area contributed by atoms with Gasteiger partial charge in [0.05, 0.1) is 21.5 Å². The number of fused-ring (bicyclic) bond motifs is 2. The van der Waals surface area contributed by atoms with Crippen LogP contribution in [-0.4, -0.2) is 100.0 Å². The number of imide groups is 1. The smallest absolute Gasteiger partial charge is 0.276 e. The Hall–Kier alpha value is -3.17. The number of hydrogen-bond donors (Lipinski definition) is 0. The van der Waals surface area contributed by atoms with E-state index in [0.717, 1.165) is 38.4 Å². The van der Waals surface area contributed by atoms with Gasteiger partial charge in [-0.25, -0.2) is 14.3 Å². The molecular weight excluding hydrogens is 1020 g/mol. The predicted octanol–water partition coefficient (Wildman–Crippen LogP) is 16.1. The van der Waals surface area contributed by atoms with E-state index in [9.17, 15) is 9.59 Å². The van der Waals surface area contributed by atoms with Gasteiger partial charge in [0.1, 0.15) is 11.0 Å². The Bertz CT molecular complexity index is 2410. The third-order valence-corrected chi connectivity index (χ3v) is 14.9. The van der Waals surface area contributed by atoms with E-state index in [1.54, 1.807) is 58.4 Å². The van der Waals surface area contributed by atoms with Crippen molar-refractivity contribution in [1.29, 1.82) is 0 Å². The van der Waals surface area contributed by atoms with Crippen molar-refractivity contribution >= 4 is 103 Å². The predicted molar refractivity (Wildman–Crippen MR) is 311 cm³/mol. The van der Waals surface area contributed by atoms with Gasteiger partial charge in [0.25, 0.3) is 5.22 Å². The molecule has 1 unspecified atom stereocenters. The minimum absolute atomic E-state index is 0. The highest BCUT2D eigenvalue weighted by atomic mass is 32.2. The van der Waals surface area contributed by atoms with Gasteiger partial charge in [0.2, 0.25) is 22.9 Å². The van der Waals surface area contributed by atoms with E-state index in [4.69, 9.17) is 9.05 Å². The normalized spacial score (nSPS) is 13.5. The lowest BCUT2D eigenvalue weighted by molar-refractivity contribution is -0.140. The molecular formula is C52H86N10O4S6. The second-order valence-electron chi connectivity index (χ2n) is 19.7. The molecule has 0 saturated carbocycles. The Balaban J connectivity index is 0.000000441. The van der Waals surface area contributed by atoms with Crippen LogP contribution in [0.2, 0.25) is 0 Å². The molecule has 2 amide bonds. The van der Waals surface area contributed by atoms with Gasteiger partial charge in [-0.2, -0.15) is 0 Å². The standard InChI is InChI=1S/C12H16N2OS.C10H17NO2S.C10H11NS2.C8H14N2OS.C7H14N4S.C4H10.CH4/c1-7(2)9-5-6-10(16-8(3)4)12-11(9)13-15-14-12;1-6(2)11-9(12)5-8(10(11)13)14-7(3)4;1-7(2)12-10-11-8-5-3-4-6-9(8)13-10;1-5(2)7-9-10-8(11-7)12-6(3)4;1-5(2)11-7(8-9-10-11)12-6(3)4;1-4(2)3;/h5-8H,1-4H3;6-8H,5H2,1-4H3;3-7H,1-2H3;2*5-6H,1-4H3;4H,1-3H3;1H4. The van der Waals surface area contributed by atoms with Crippen LogP contribution in [0, 0.1) is 5.92 Å². The highest BCUT2D eigenvalue weighted by Crippen LogP contribution is 2.34. The third kappa shape index (κ3) is 24.0. The van der Waals surface area contributed by atoms with Crippen LogP contribution in [0.1, 0.15) is 189 Å². The highest BCUT2D eigenvalue weighted by molar-refractivity contribution is 8.02. The summed E-state index contributed by atoms with van der Waals surface area (Å²) in [6, 6.07) is 12.9. The summed E-state index contributed by atoms with van der Waals surface area (Å²) >= 11 is 10.3. The fourth-order valence-electron chi connectivity index (χ4n) is 5.88. The summed E-state index contributed by atoms with van der Waals surface area (Å²) in [5.41, 5.74) is 4.12. The number of para-hydroxylation sites is 1. The Kier molecular flexibility index (Phi) is 31.3. The van der Waals surface area contributed by atoms with Gasteiger partial charge in [-0.15, -0.1) is 50.2 Å². The largest absolute Gasteiger partial charge is 0.416 e. The minimum Gasteiger partial charge on any atom is -0.416 e. The summed E-state index contributed by atoms with van der Waals surface area (Å²) in [7, 11) is 0. The quantitative estimate of drug-likeness (QED) is 0.0744. The lowest BCUT2D eigenvalue weighted by Crippen LogP contribution is -2.37. The molecule has 0 bridgehead atoms. The zero-order chi connectivity index (χ0) is 53.7. The number of tetrazole rings is 1. The van der Waals surface area contributed by atoms with Crippen LogP contribution < -0.4 is 0 Å². The first-order chi connectivity index (χ1) is 33.2. The number of hydrogen-bond acceptors (Lipinski definition) is 18. The second-order valence-corrected chi connectivity index (χ2v) is 29.1. The number of carbonyl (C=O) groups is 2. The molecule has 4 aromatic heterocycles. The first kappa shape index (κ1) is 66.8. The van der Waals surface area contributed by atoms with E-state index in [1.165, 1.54) is 19.5 Å². The van der Waals surface area contributed by atoms with Crippen LogP contribution in [0.15, 0.2) is 65.1 Å². The molecule has 1 atom stereocenters. The lowest BCUT2D eigenvalue weighted by atomic mass is 10.0. The molecule has 1 aliphatic rings.